The van der Waals surface area contributed by atoms with Crippen LogP contribution in [0.2, 0.25) is 5.02 Å². The summed E-state index contributed by atoms with van der Waals surface area (Å²) in [5.41, 5.74) is 3.21. The maximum atomic E-state index is 12.7. The molecule has 0 spiro atoms. The fourth-order valence-electron chi connectivity index (χ4n) is 4.95. The third-order valence-electron chi connectivity index (χ3n) is 6.84. The molecule has 1 aliphatic carbocycles. The minimum atomic E-state index is 0.136. The van der Waals surface area contributed by atoms with Crippen LogP contribution in [0, 0.1) is 12.8 Å². The topological polar surface area (TPSA) is 50.2 Å². The van der Waals surface area contributed by atoms with Crippen LogP contribution in [0.3, 0.4) is 0 Å². The van der Waals surface area contributed by atoms with Crippen molar-refractivity contribution in [1.29, 1.82) is 0 Å². The number of rotatable bonds is 7. The van der Waals surface area contributed by atoms with Crippen LogP contribution < -0.4 is 10.2 Å². The number of unbranched alkanes of at least 4 members (excludes halogenated alkanes) is 2. The van der Waals surface area contributed by atoms with Gasteiger partial charge in [0.25, 0.3) is 0 Å². The Balaban J connectivity index is 1.48. The molecule has 2 heterocycles. The lowest BCUT2D eigenvalue weighted by Gasteiger charge is -2.33. The first kappa shape index (κ1) is 21.5. The van der Waals surface area contributed by atoms with Crippen molar-refractivity contribution in [3.8, 4) is 0 Å². The van der Waals surface area contributed by atoms with Crippen molar-refractivity contribution in [2.24, 2.45) is 5.92 Å². The van der Waals surface area contributed by atoms with Crippen LogP contribution in [-0.2, 0) is 11.3 Å². The Hall–Kier alpha value is -1.75. The number of hydrogen-bond donors (Lipinski definition) is 1. The first-order chi connectivity index (χ1) is 14.6. The van der Waals surface area contributed by atoms with Crippen molar-refractivity contribution in [2.45, 2.75) is 84.2 Å². The van der Waals surface area contributed by atoms with Crippen molar-refractivity contribution in [2.75, 3.05) is 18.0 Å². The maximum absolute atomic E-state index is 12.7. The summed E-state index contributed by atoms with van der Waals surface area (Å²) in [4.78, 5) is 20.1. The third-order valence-corrected chi connectivity index (χ3v) is 7.25. The second-order valence-electron chi connectivity index (χ2n) is 9.11. The predicted molar refractivity (Wildman–Crippen MR) is 124 cm³/mol. The summed E-state index contributed by atoms with van der Waals surface area (Å²) in [6.45, 7) is 6.99. The van der Waals surface area contributed by atoms with E-state index in [1.807, 2.05) is 6.92 Å². The molecule has 6 heteroatoms. The Bertz CT molecular complexity index is 879. The normalized spacial score (nSPS) is 18.4. The van der Waals surface area contributed by atoms with Gasteiger partial charge in [-0.05, 0) is 56.7 Å². The third kappa shape index (κ3) is 4.61. The molecule has 1 amide bonds. The highest BCUT2D eigenvalue weighted by Crippen LogP contribution is 2.31. The molecule has 1 aromatic heterocycles. The fraction of sp³-hybridized carbons (Fsp3) is 0.667. The summed E-state index contributed by atoms with van der Waals surface area (Å²) in [5, 5.41) is 4.09. The summed E-state index contributed by atoms with van der Waals surface area (Å²) >= 11 is 6.44. The number of anilines is 1. The minimum absolute atomic E-state index is 0.136. The van der Waals surface area contributed by atoms with E-state index in [-0.39, 0.29) is 11.8 Å². The predicted octanol–water partition coefficient (Wildman–Crippen LogP) is 5.46. The molecular formula is C24H35ClN4O. The summed E-state index contributed by atoms with van der Waals surface area (Å²) in [6.07, 6.45) is 10.1. The summed E-state index contributed by atoms with van der Waals surface area (Å²) < 4.78 is 2.34. The van der Waals surface area contributed by atoms with E-state index in [1.54, 1.807) is 0 Å². The van der Waals surface area contributed by atoms with Crippen molar-refractivity contribution in [1.82, 2.24) is 14.9 Å². The highest BCUT2D eigenvalue weighted by Gasteiger charge is 2.29. The van der Waals surface area contributed by atoms with E-state index in [0.717, 1.165) is 79.3 Å². The maximum Gasteiger partial charge on any atom is 0.223 e. The van der Waals surface area contributed by atoms with Crippen LogP contribution >= 0.6 is 11.6 Å². The summed E-state index contributed by atoms with van der Waals surface area (Å²) in [6, 6.07) is 4.57. The average Bonchev–Trinajstić information content (AvgIpc) is 3.37. The molecule has 2 aromatic rings. The van der Waals surface area contributed by atoms with Gasteiger partial charge in [0, 0.05) is 36.6 Å². The molecular weight excluding hydrogens is 396 g/mol. The van der Waals surface area contributed by atoms with Crippen LogP contribution in [0.1, 0.15) is 70.3 Å². The van der Waals surface area contributed by atoms with E-state index < -0.39 is 0 Å². The highest BCUT2D eigenvalue weighted by molar-refractivity contribution is 6.32. The van der Waals surface area contributed by atoms with E-state index in [4.69, 9.17) is 16.6 Å². The number of hydrogen-bond acceptors (Lipinski definition) is 3. The number of fused-ring (bicyclic) bond motifs is 1. The number of aryl methyl sites for hydroxylation is 2. The molecule has 2 fully saturated rings. The van der Waals surface area contributed by atoms with Crippen molar-refractivity contribution >= 4 is 34.5 Å². The van der Waals surface area contributed by atoms with E-state index >= 15 is 0 Å². The summed E-state index contributed by atoms with van der Waals surface area (Å²) in [5.74, 6) is 1.44. The van der Waals surface area contributed by atoms with Crippen LogP contribution in [0.25, 0.3) is 11.0 Å². The molecule has 0 atom stereocenters. The molecule has 30 heavy (non-hydrogen) atoms. The van der Waals surface area contributed by atoms with Crippen LogP contribution in [0.5, 0.6) is 0 Å². The minimum Gasteiger partial charge on any atom is -0.353 e. The van der Waals surface area contributed by atoms with Gasteiger partial charge in [-0.25, -0.2) is 4.98 Å². The van der Waals surface area contributed by atoms with Gasteiger partial charge in [0.2, 0.25) is 11.9 Å². The molecule has 1 saturated heterocycles. The fourth-order valence-corrected chi connectivity index (χ4v) is 5.11. The quantitative estimate of drug-likeness (QED) is 0.593. The van der Waals surface area contributed by atoms with Gasteiger partial charge < -0.3 is 14.8 Å². The Kier molecular flexibility index (Phi) is 6.87. The Labute approximate surface area is 185 Å². The highest BCUT2D eigenvalue weighted by atomic mass is 35.5. The zero-order valence-electron chi connectivity index (χ0n) is 18.4. The van der Waals surface area contributed by atoms with Gasteiger partial charge in [-0.2, -0.15) is 0 Å². The molecule has 0 unspecified atom stereocenters. The van der Waals surface area contributed by atoms with Crippen molar-refractivity contribution in [3.63, 3.8) is 0 Å². The van der Waals surface area contributed by atoms with Crippen molar-refractivity contribution < 1.29 is 4.79 Å². The molecule has 1 saturated carbocycles. The van der Waals surface area contributed by atoms with Gasteiger partial charge in [-0.1, -0.05) is 44.2 Å². The first-order valence-electron chi connectivity index (χ1n) is 11.8. The van der Waals surface area contributed by atoms with Crippen molar-refractivity contribution in [3.05, 3.63) is 22.7 Å². The Morgan fingerprint density at radius 3 is 2.60 bits per heavy atom. The lowest BCUT2D eigenvalue weighted by atomic mass is 9.95. The molecule has 0 bridgehead atoms. The van der Waals surface area contributed by atoms with Gasteiger partial charge in [-0.3, -0.25) is 4.79 Å². The number of aromatic nitrogens is 2. The molecule has 2 aliphatic rings. The van der Waals surface area contributed by atoms with Gasteiger partial charge in [0.05, 0.1) is 11.0 Å². The van der Waals surface area contributed by atoms with E-state index in [1.165, 1.54) is 25.7 Å². The lowest BCUT2D eigenvalue weighted by molar-refractivity contribution is -0.126. The van der Waals surface area contributed by atoms with Gasteiger partial charge >= 0.3 is 0 Å². The monoisotopic (exact) mass is 430 g/mol. The van der Waals surface area contributed by atoms with Crippen LogP contribution in [-0.4, -0.2) is 34.6 Å². The number of amides is 1. The van der Waals surface area contributed by atoms with Gasteiger partial charge in [0.1, 0.15) is 0 Å². The second kappa shape index (κ2) is 9.59. The average molecular weight is 431 g/mol. The smallest absolute Gasteiger partial charge is 0.223 e. The Morgan fingerprint density at radius 2 is 1.90 bits per heavy atom. The number of nitrogens with one attached hydrogen (secondary N) is 1. The molecule has 164 valence electrons. The molecule has 1 N–H and O–H groups in total. The van der Waals surface area contributed by atoms with E-state index in [2.05, 4.69) is 33.8 Å². The van der Waals surface area contributed by atoms with Gasteiger partial charge in [0.15, 0.2) is 0 Å². The standard InChI is InChI=1S/C24H35ClN4O/c1-3-4-7-12-29-22-16-20(25)17(2)15-21(22)27-24(29)28-13-10-18(11-14-28)23(30)26-19-8-5-6-9-19/h15-16,18-19H,3-14H2,1-2H3,(H,26,30). The number of piperidine rings is 1. The number of carbonyl (C=O) groups excluding carboxylic acids is 1. The molecule has 5 nitrogen and oxygen atoms in total. The zero-order valence-corrected chi connectivity index (χ0v) is 19.2. The van der Waals surface area contributed by atoms with Crippen LogP contribution in [0.15, 0.2) is 12.1 Å². The molecule has 4 rings (SSSR count). The molecule has 1 aliphatic heterocycles. The first-order valence-corrected chi connectivity index (χ1v) is 12.2. The number of halogens is 1. The lowest BCUT2D eigenvalue weighted by Crippen LogP contribution is -2.43. The second-order valence-corrected chi connectivity index (χ2v) is 9.52. The summed E-state index contributed by atoms with van der Waals surface area (Å²) in [7, 11) is 0. The zero-order chi connectivity index (χ0) is 21.1. The number of benzene rings is 1. The number of carbonyl (C=O) groups is 1. The molecule has 0 radical (unpaired) electrons. The van der Waals surface area contributed by atoms with E-state index in [0.29, 0.717) is 6.04 Å². The van der Waals surface area contributed by atoms with E-state index in [9.17, 15) is 4.79 Å². The SMILES string of the molecule is CCCCCn1c(N2CCC(C(=O)NC3CCCC3)CC2)nc2cc(C)c(Cl)cc21. The Morgan fingerprint density at radius 1 is 1.17 bits per heavy atom. The van der Waals surface area contributed by atoms with Gasteiger partial charge in [-0.15, -0.1) is 0 Å². The number of imidazole rings is 1. The molecule has 1 aromatic carbocycles. The van der Waals surface area contributed by atoms with Crippen LogP contribution in [0.4, 0.5) is 5.95 Å². The number of nitrogens with zero attached hydrogens (tertiary/aromatic N) is 3. The largest absolute Gasteiger partial charge is 0.353 e.